The highest BCUT2D eigenvalue weighted by Crippen LogP contribution is 1.95. The fourth-order valence-corrected chi connectivity index (χ4v) is 1.68. The molecular weight excluding hydrogens is 348 g/mol. The molecule has 0 heterocycles. The second kappa shape index (κ2) is 13.5. The largest absolute Gasteiger partial charge is 0.462 e. The average Bonchev–Trinajstić information content (AvgIpc) is 2.64. The lowest BCUT2D eigenvalue weighted by atomic mass is 10.4. The number of esters is 2. The molecule has 2 amide bonds. The zero-order valence-electron chi connectivity index (χ0n) is 15.6. The molecule has 0 rings (SSSR count). The van der Waals surface area contributed by atoms with E-state index >= 15 is 0 Å². The summed E-state index contributed by atoms with van der Waals surface area (Å²) < 4.78 is 18.8. The third-order valence-corrected chi connectivity index (χ3v) is 3.09. The van der Waals surface area contributed by atoms with Crippen LogP contribution < -0.4 is 0 Å². The number of carbonyl (C=O) groups excluding carboxylic acids is 4. The van der Waals surface area contributed by atoms with Gasteiger partial charge in [0, 0.05) is 39.3 Å². The van der Waals surface area contributed by atoms with Gasteiger partial charge in [0.15, 0.2) is 0 Å². The van der Waals surface area contributed by atoms with Gasteiger partial charge in [0.05, 0.1) is 27.4 Å². The maximum Gasteiger partial charge on any atom is 0.409 e. The molecule has 0 aliphatic rings. The average molecular weight is 374 g/mol. The third-order valence-electron chi connectivity index (χ3n) is 3.09. The van der Waals surface area contributed by atoms with Crippen LogP contribution in [-0.4, -0.2) is 88.5 Å². The van der Waals surface area contributed by atoms with Crippen molar-refractivity contribution in [3.63, 3.8) is 0 Å². The number of hydrogen-bond donors (Lipinski definition) is 0. The Hall–Kier alpha value is -2.78. The summed E-state index contributed by atoms with van der Waals surface area (Å²) in [6, 6.07) is 0. The Morgan fingerprint density at radius 1 is 0.731 bits per heavy atom. The van der Waals surface area contributed by atoms with Crippen LogP contribution in [0.5, 0.6) is 0 Å². The smallest absolute Gasteiger partial charge is 0.409 e. The standard InChI is InChI=1S/C16H26N2O8/c1-17(15(21)23-3)9-5-11-25-13(19)7-8-14(20)26-12-6-10-18(2)16(22)24-4/h7-8H,5-6,9-12H2,1-4H3/b8-7+. The summed E-state index contributed by atoms with van der Waals surface area (Å²) in [5.74, 6) is -1.37. The predicted octanol–water partition coefficient (Wildman–Crippen LogP) is 0.806. The molecule has 10 heteroatoms. The van der Waals surface area contributed by atoms with Crippen molar-refractivity contribution in [2.75, 3.05) is 54.6 Å². The highest BCUT2D eigenvalue weighted by Gasteiger charge is 2.08. The number of amides is 2. The Balaban J connectivity index is 3.84. The van der Waals surface area contributed by atoms with Crippen molar-refractivity contribution in [2.24, 2.45) is 0 Å². The van der Waals surface area contributed by atoms with Crippen molar-refractivity contribution >= 4 is 24.1 Å². The van der Waals surface area contributed by atoms with E-state index in [4.69, 9.17) is 9.47 Å². The Bertz CT molecular complexity index is 462. The number of carbonyl (C=O) groups is 4. The van der Waals surface area contributed by atoms with Gasteiger partial charge in [-0.15, -0.1) is 0 Å². The van der Waals surface area contributed by atoms with Gasteiger partial charge in [0.1, 0.15) is 0 Å². The summed E-state index contributed by atoms with van der Waals surface area (Å²) in [7, 11) is 5.68. The lowest BCUT2D eigenvalue weighted by Crippen LogP contribution is -2.28. The van der Waals surface area contributed by atoms with Crippen molar-refractivity contribution in [1.29, 1.82) is 0 Å². The monoisotopic (exact) mass is 374 g/mol. The number of nitrogens with zero attached hydrogens (tertiary/aromatic N) is 2. The number of methoxy groups -OCH3 is 2. The molecule has 0 bridgehead atoms. The molecule has 0 aliphatic carbocycles. The molecular formula is C16H26N2O8. The molecule has 0 atom stereocenters. The lowest BCUT2D eigenvalue weighted by Gasteiger charge is -2.14. The van der Waals surface area contributed by atoms with E-state index in [1.165, 1.54) is 24.0 Å². The fraction of sp³-hybridized carbons (Fsp3) is 0.625. The molecule has 0 radical (unpaired) electrons. The molecule has 148 valence electrons. The van der Waals surface area contributed by atoms with E-state index in [1.54, 1.807) is 14.1 Å². The minimum atomic E-state index is -0.687. The maximum absolute atomic E-state index is 11.4. The molecule has 10 nitrogen and oxygen atoms in total. The fourth-order valence-electron chi connectivity index (χ4n) is 1.68. The summed E-state index contributed by atoms with van der Waals surface area (Å²) in [4.78, 5) is 47.8. The van der Waals surface area contributed by atoms with Gasteiger partial charge in [0.25, 0.3) is 0 Å². The van der Waals surface area contributed by atoms with E-state index in [9.17, 15) is 19.2 Å². The number of rotatable bonds is 10. The van der Waals surface area contributed by atoms with Gasteiger partial charge in [-0.3, -0.25) is 0 Å². The molecule has 0 fully saturated rings. The van der Waals surface area contributed by atoms with Gasteiger partial charge in [-0.2, -0.15) is 0 Å². The van der Waals surface area contributed by atoms with Crippen molar-refractivity contribution in [2.45, 2.75) is 12.8 Å². The van der Waals surface area contributed by atoms with Crippen LogP contribution >= 0.6 is 0 Å². The molecule has 0 aliphatic heterocycles. The second-order valence-corrected chi connectivity index (χ2v) is 5.16. The zero-order chi connectivity index (χ0) is 19.9. The Morgan fingerprint density at radius 3 is 1.38 bits per heavy atom. The van der Waals surface area contributed by atoms with Gasteiger partial charge in [-0.1, -0.05) is 0 Å². The van der Waals surface area contributed by atoms with E-state index in [1.807, 2.05) is 0 Å². The topological polar surface area (TPSA) is 112 Å². The summed E-state index contributed by atoms with van der Waals surface area (Å²) >= 11 is 0. The van der Waals surface area contributed by atoms with Crippen molar-refractivity contribution in [3.8, 4) is 0 Å². The van der Waals surface area contributed by atoms with E-state index in [2.05, 4.69) is 9.47 Å². The van der Waals surface area contributed by atoms with Crippen LogP contribution in [0.1, 0.15) is 12.8 Å². The SMILES string of the molecule is COC(=O)N(C)CCCOC(=O)/C=C/C(=O)OCCCN(C)C(=O)OC. The highest BCUT2D eigenvalue weighted by molar-refractivity contribution is 5.91. The first kappa shape index (κ1) is 23.2. The minimum absolute atomic E-state index is 0.0966. The van der Waals surface area contributed by atoms with Gasteiger partial charge >= 0.3 is 24.1 Å². The number of ether oxygens (including phenoxy) is 4. The van der Waals surface area contributed by atoms with E-state index in [0.717, 1.165) is 12.2 Å². The molecule has 26 heavy (non-hydrogen) atoms. The molecule has 0 N–H and O–H groups in total. The Labute approximate surface area is 152 Å². The molecule has 0 saturated heterocycles. The third kappa shape index (κ3) is 10.9. The maximum atomic E-state index is 11.4. The van der Waals surface area contributed by atoms with E-state index in [-0.39, 0.29) is 13.2 Å². The molecule has 0 spiro atoms. The van der Waals surface area contributed by atoms with Crippen molar-refractivity contribution in [3.05, 3.63) is 12.2 Å². The van der Waals surface area contributed by atoms with Crippen molar-refractivity contribution < 1.29 is 38.1 Å². The molecule has 0 unspecified atom stereocenters. The van der Waals surface area contributed by atoms with E-state index in [0.29, 0.717) is 25.9 Å². The normalized spacial score (nSPS) is 10.2. The van der Waals surface area contributed by atoms with E-state index < -0.39 is 24.1 Å². The summed E-state index contributed by atoms with van der Waals surface area (Å²) in [5.41, 5.74) is 0. The molecule has 0 aromatic heterocycles. The van der Waals surface area contributed by atoms with Crippen molar-refractivity contribution in [1.82, 2.24) is 9.80 Å². The summed E-state index contributed by atoms with van der Waals surface area (Å²) in [6.07, 6.45) is 1.85. The van der Waals surface area contributed by atoms with Crippen LogP contribution in [0.25, 0.3) is 0 Å². The molecule has 0 aromatic rings. The van der Waals surface area contributed by atoms with Crippen LogP contribution in [0.15, 0.2) is 12.2 Å². The Kier molecular flexibility index (Phi) is 12.1. The van der Waals surface area contributed by atoms with Crippen LogP contribution in [0.3, 0.4) is 0 Å². The molecule has 0 saturated carbocycles. The highest BCUT2D eigenvalue weighted by atomic mass is 16.6. The summed E-state index contributed by atoms with van der Waals surface area (Å²) in [6.45, 7) is 0.927. The second-order valence-electron chi connectivity index (χ2n) is 5.16. The van der Waals surface area contributed by atoms with Gasteiger partial charge in [-0.05, 0) is 12.8 Å². The Morgan fingerprint density at radius 2 is 1.08 bits per heavy atom. The zero-order valence-corrected chi connectivity index (χ0v) is 15.6. The quantitative estimate of drug-likeness (QED) is 0.239. The van der Waals surface area contributed by atoms with Gasteiger partial charge < -0.3 is 28.7 Å². The van der Waals surface area contributed by atoms with Crippen LogP contribution in [0, 0.1) is 0 Å². The first-order valence-electron chi connectivity index (χ1n) is 7.91. The van der Waals surface area contributed by atoms with Gasteiger partial charge in [0.2, 0.25) is 0 Å². The predicted molar refractivity (Wildman–Crippen MR) is 90.4 cm³/mol. The van der Waals surface area contributed by atoms with Crippen LogP contribution in [0.4, 0.5) is 9.59 Å². The summed E-state index contributed by atoms with van der Waals surface area (Å²) in [5, 5.41) is 0. The first-order chi connectivity index (χ1) is 12.3. The van der Waals surface area contributed by atoms with Crippen LogP contribution in [-0.2, 0) is 28.5 Å². The first-order valence-corrected chi connectivity index (χ1v) is 7.91. The molecule has 0 aromatic carbocycles. The minimum Gasteiger partial charge on any atom is -0.462 e. The van der Waals surface area contributed by atoms with Crippen LogP contribution in [0.2, 0.25) is 0 Å². The number of hydrogen-bond acceptors (Lipinski definition) is 8. The lowest BCUT2D eigenvalue weighted by molar-refractivity contribution is -0.140. The van der Waals surface area contributed by atoms with Gasteiger partial charge in [-0.25, -0.2) is 19.2 Å².